The second-order valence-corrected chi connectivity index (χ2v) is 6.93. The largest absolute Gasteiger partial charge is 0.481 e. The van der Waals surface area contributed by atoms with Crippen molar-refractivity contribution >= 4 is 17.8 Å². The van der Waals surface area contributed by atoms with Crippen molar-refractivity contribution in [3.63, 3.8) is 0 Å². The summed E-state index contributed by atoms with van der Waals surface area (Å²) in [5.74, 6) is -1.88. The molecule has 2 aliphatic rings. The Morgan fingerprint density at radius 1 is 1.00 bits per heavy atom. The fraction of sp³-hybridized carbons (Fsp3) is 0.526. The first-order valence-electron chi connectivity index (χ1n) is 8.89. The van der Waals surface area contributed by atoms with Crippen LogP contribution in [-0.4, -0.2) is 40.9 Å². The SMILES string of the molecule is O=C(NCc1ccccc1)C1CCN(C(=O)C2CCC2C(=O)O)CC1. The van der Waals surface area contributed by atoms with E-state index in [4.69, 9.17) is 5.11 Å². The maximum absolute atomic E-state index is 12.4. The Kier molecular flexibility index (Phi) is 5.36. The summed E-state index contributed by atoms with van der Waals surface area (Å²) >= 11 is 0. The van der Waals surface area contributed by atoms with Crippen LogP contribution in [0.15, 0.2) is 30.3 Å². The Morgan fingerprint density at radius 3 is 2.20 bits per heavy atom. The summed E-state index contributed by atoms with van der Waals surface area (Å²) < 4.78 is 0. The van der Waals surface area contributed by atoms with E-state index in [0.717, 1.165) is 5.56 Å². The van der Waals surface area contributed by atoms with E-state index in [1.54, 1.807) is 4.90 Å². The topological polar surface area (TPSA) is 86.7 Å². The lowest BCUT2D eigenvalue weighted by Gasteiger charge is -2.39. The molecule has 2 unspecified atom stereocenters. The van der Waals surface area contributed by atoms with Crippen molar-refractivity contribution in [3.05, 3.63) is 35.9 Å². The van der Waals surface area contributed by atoms with Crippen molar-refractivity contribution in [1.82, 2.24) is 10.2 Å². The van der Waals surface area contributed by atoms with E-state index in [2.05, 4.69) is 5.32 Å². The Hall–Kier alpha value is -2.37. The fourth-order valence-electron chi connectivity index (χ4n) is 3.62. The molecule has 6 heteroatoms. The number of carbonyl (C=O) groups is 3. The molecule has 0 bridgehead atoms. The second-order valence-electron chi connectivity index (χ2n) is 6.93. The zero-order valence-corrected chi connectivity index (χ0v) is 14.2. The van der Waals surface area contributed by atoms with Crippen LogP contribution in [0, 0.1) is 17.8 Å². The Bertz CT molecular complexity index is 638. The lowest BCUT2D eigenvalue weighted by Crippen LogP contribution is -2.49. The van der Waals surface area contributed by atoms with Crippen LogP contribution in [0.25, 0.3) is 0 Å². The molecule has 1 aromatic carbocycles. The van der Waals surface area contributed by atoms with E-state index in [9.17, 15) is 14.4 Å². The van der Waals surface area contributed by atoms with Crippen LogP contribution in [0.5, 0.6) is 0 Å². The van der Waals surface area contributed by atoms with Gasteiger partial charge in [-0.3, -0.25) is 14.4 Å². The summed E-state index contributed by atoms with van der Waals surface area (Å²) in [6.07, 6.45) is 2.52. The number of rotatable bonds is 5. The minimum absolute atomic E-state index is 0.0306. The Labute approximate surface area is 147 Å². The molecule has 1 aliphatic carbocycles. The van der Waals surface area contributed by atoms with Gasteiger partial charge in [0.1, 0.15) is 0 Å². The molecule has 2 atom stereocenters. The number of carbonyl (C=O) groups excluding carboxylic acids is 2. The van der Waals surface area contributed by atoms with Gasteiger partial charge in [-0.05, 0) is 31.2 Å². The van der Waals surface area contributed by atoms with Crippen LogP contribution >= 0.6 is 0 Å². The van der Waals surface area contributed by atoms with Crippen LogP contribution in [0.1, 0.15) is 31.2 Å². The molecule has 2 amide bonds. The fourth-order valence-corrected chi connectivity index (χ4v) is 3.62. The molecular weight excluding hydrogens is 320 g/mol. The monoisotopic (exact) mass is 344 g/mol. The molecule has 1 saturated carbocycles. The lowest BCUT2D eigenvalue weighted by atomic mass is 9.72. The lowest BCUT2D eigenvalue weighted by molar-refractivity contribution is -0.157. The van der Waals surface area contributed by atoms with Crippen molar-refractivity contribution in [3.8, 4) is 0 Å². The van der Waals surface area contributed by atoms with Crippen molar-refractivity contribution in [2.75, 3.05) is 13.1 Å². The number of piperidine rings is 1. The number of hydrogen-bond donors (Lipinski definition) is 2. The molecule has 2 N–H and O–H groups in total. The average Bonchev–Trinajstić information content (AvgIpc) is 2.59. The van der Waals surface area contributed by atoms with Crippen molar-refractivity contribution in [1.29, 1.82) is 0 Å². The highest BCUT2D eigenvalue weighted by molar-refractivity contribution is 5.86. The minimum Gasteiger partial charge on any atom is -0.481 e. The standard InChI is InChI=1S/C19H24N2O4/c22-17(20-12-13-4-2-1-3-5-13)14-8-10-21(11-9-14)18(23)15-6-7-16(15)19(24)25/h1-5,14-16H,6-12H2,(H,20,22)(H,24,25). The number of amides is 2. The van der Waals surface area contributed by atoms with E-state index in [-0.39, 0.29) is 23.7 Å². The van der Waals surface area contributed by atoms with Gasteiger partial charge in [-0.25, -0.2) is 0 Å². The number of likely N-dealkylation sites (tertiary alicyclic amines) is 1. The van der Waals surface area contributed by atoms with Gasteiger partial charge in [0.25, 0.3) is 0 Å². The van der Waals surface area contributed by atoms with Crippen molar-refractivity contribution in [2.24, 2.45) is 17.8 Å². The Balaban J connectivity index is 1.44. The number of carboxylic acids is 1. The summed E-state index contributed by atoms with van der Waals surface area (Å²) in [6, 6.07) is 9.76. The highest BCUT2D eigenvalue weighted by Gasteiger charge is 2.43. The molecular formula is C19H24N2O4. The molecule has 134 valence electrons. The van der Waals surface area contributed by atoms with E-state index in [0.29, 0.717) is 45.3 Å². The normalized spacial score (nSPS) is 23.6. The summed E-state index contributed by atoms with van der Waals surface area (Å²) in [5.41, 5.74) is 1.06. The first kappa shape index (κ1) is 17.5. The molecule has 1 heterocycles. The van der Waals surface area contributed by atoms with Crippen LogP contribution in [0.3, 0.4) is 0 Å². The van der Waals surface area contributed by atoms with Gasteiger partial charge in [0.2, 0.25) is 11.8 Å². The van der Waals surface area contributed by atoms with Gasteiger partial charge in [0.15, 0.2) is 0 Å². The van der Waals surface area contributed by atoms with Gasteiger partial charge < -0.3 is 15.3 Å². The maximum atomic E-state index is 12.4. The first-order chi connectivity index (χ1) is 12.1. The quantitative estimate of drug-likeness (QED) is 0.850. The van der Waals surface area contributed by atoms with E-state index in [1.807, 2.05) is 30.3 Å². The van der Waals surface area contributed by atoms with Gasteiger partial charge in [0, 0.05) is 25.6 Å². The van der Waals surface area contributed by atoms with Gasteiger partial charge in [-0.2, -0.15) is 0 Å². The summed E-state index contributed by atoms with van der Waals surface area (Å²) in [7, 11) is 0. The van der Waals surface area contributed by atoms with Crippen molar-refractivity contribution < 1.29 is 19.5 Å². The van der Waals surface area contributed by atoms with E-state index < -0.39 is 11.9 Å². The van der Waals surface area contributed by atoms with Crippen LogP contribution in [-0.2, 0) is 20.9 Å². The second kappa shape index (κ2) is 7.68. The number of nitrogens with zero attached hydrogens (tertiary/aromatic N) is 1. The number of hydrogen-bond acceptors (Lipinski definition) is 3. The van der Waals surface area contributed by atoms with Gasteiger partial charge >= 0.3 is 5.97 Å². The number of carboxylic acid groups (broad SMARTS) is 1. The predicted octanol–water partition coefficient (Wildman–Crippen LogP) is 1.65. The number of nitrogens with one attached hydrogen (secondary N) is 1. The molecule has 0 aromatic heterocycles. The first-order valence-corrected chi connectivity index (χ1v) is 8.89. The molecule has 0 spiro atoms. The number of benzene rings is 1. The summed E-state index contributed by atoms with van der Waals surface area (Å²) in [6.45, 7) is 1.58. The van der Waals surface area contributed by atoms with Crippen LogP contribution < -0.4 is 5.32 Å². The van der Waals surface area contributed by atoms with E-state index in [1.165, 1.54) is 0 Å². The predicted molar refractivity (Wildman–Crippen MR) is 91.4 cm³/mol. The zero-order chi connectivity index (χ0) is 17.8. The van der Waals surface area contributed by atoms with Crippen molar-refractivity contribution in [2.45, 2.75) is 32.2 Å². The van der Waals surface area contributed by atoms with Gasteiger partial charge in [-0.1, -0.05) is 30.3 Å². The van der Waals surface area contributed by atoms with Gasteiger partial charge in [0.05, 0.1) is 11.8 Å². The molecule has 1 saturated heterocycles. The average molecular weight is 344 g/mol. The summed E-state index contributed by atoms with van der Waals surface area (Å²) in [5, 5.41) is 12.1. The molecule has 3 rings (SSSR count). The molecule has 25 heavy (non-hydrogen) atoms. The third-order valence-corrected chi connectivity index (χ3v) is 5.40. The molecule has 1 aromatic rings. The molecule has 2 fully saturated rings. The van der Waals surface area contributed by atoms with Crippen LogP contribution in [0.2, 0.25) is 0 Å². The maximum Gasteiger partial charge on any atom is 0.307 e. The van der Waals surface area contributed by atoms with E-state index >= 15 is 0 Å². The highest BCUT2D eigenvalue weighted by Crippen LogP contribution is 2.36. The summed E-state index contributed by atoms with van der Waals surface area (Å²) in [4.78, 5) is 37.6. The third kappa shape index (κ3) is 4.00. The highest BCUT2D eigenvalue weighted by atomic mass is 16.4. The molecule has 6 nitrogen and oxygen atoms in total. The Morgan fingerprint density at radius 2 is 1.64 bits per heavy atom. The van der Waals surface area contributed by atoms with Crippen LogP contribution in [0.4, 0.5) is 0 Å². The van der Waals surface area contributed by atoms with Gasteiger partial charge in [-0.15, -0.1) is 0 Å². The smallest absolute Gasteiger partial charge is 0.307 e. The third-order valence-electron chi connectivity index (χ3n) is 5.40. The molecule has 1 aliphatic heterocycles. The molecule has 0 radical (unpaired) electrons. The number of aliphatic carboxylic acids is 1. The zero-order valence-electron chi connectivity index (χ0n) is 14.2. The minimum atomic E-state index is -0.875.